The first-order valence-corrected chi connectivity index (χ1v) is 8.36. The zero-order chi connectivity index (χ0) is 18.0. The highest BCUT2D eigenvalue weighted by Gasteiger charge is 2.25. The molecule has 1 aromatic carbocycles. The summed E-state index contributed by atoms with van der Waals surface area (Å²) in [5.74, 6) is 0.988. The number of aliphatic carboxylic acids is 1. The van der Waals surface area contributed by atoms with Gasteiger partial charge in [-0.2, -0.15) is 9.78 Å². The number of hydrogen-bond acceptors (Lipinski definition) is 8. The van der Waals surface area contributed by atoms with Crippen molar-refractivity contribution in [2.45, 2.75) is 12.1 Å². The topological polar surface area (TPSA) is 108 Å². The molecule has 10 heteroatoms. The highest BCUT2D eigenvalue weighted by atomic mass is 32.2. The van der Waals surface area contributed by atoms with Gasteiger partial charge in [0.05, 0.1) is 26.6 Å². The zero-order valence-electron chi connectivity index (χ0n) is 13.8. The number of benzene rings is 1. The van der Waals surface area contributed by atoms with E-state index in [0.717, 1.165) is 0 Å². The molecule has 3 rings (SSSR count). The van der Waals surface area contributed by atoms with Crippen LogP contribution < -0.4 is 14.2 Å². The summed E-state index contributed by atoms with van der Waals surface area (Å²) in [4.78, 5) is 11.2. The van der Waals surface area contributed by atoms with Crippen LogP contribution in [0.2, 0.25) is 0 Å². The Kier molecular flexibility index (Phi) is 4.79. The fraction of sp³-hybridized carbons (Fsp3) is 0.333. The Labute approximate surface area is 147 Å². The molecule has 2 heterocycles. The minimum Gasteiger partial charge on any atom is -0.493 e. The first-order chi connectivity index (χ1) is 12.1. The van der Waals surface area contributed by atoms with Crippen LogP contribution in [0.3, 0.4) is 0 Å². The number of nitrogens with zero attached hydrogens (tertiary/aromatic N) is 4. The zero-order valence-corrected chi connectivity index (χ0v) is 14.7. The molecule has 0 aliphatic carbocycles. The first-order valence-electron chi connectivity index (χ1n) is 7.37. The largest absolute Gasteiger partial charge is 0.493 e. The van der Waals surface area contributed by atoms with Crippen LogP contribution in [0.25, 0.3) is 11.4 Å². The van der Waals surface area contributed by atoms with E-state index >= 15 is 0 Å². The van der Waals surface area contributed by atoms with Crippen LogP contribution in [0.5, 0.6) is 17.2 Å². The molecule has 0 radical (unpaired) electrons. The first kappa shape index (κ1) is 17.1. The number of thioether (sulfide) groups is 1. The van der Waals surface area contributed by atoms with Crippen LogP contribution >= 0.6 is 11.8 Å². The molecule has 132 valence electrons. The highest BCUT2D eigenvalue weighted by molar-refractivity contribution is 8.00. The Hall–Kier alpha value is -2.75. The summed E-state index contributed by atoms with van der Waals surface area (Å²) in [6.07, 6.45) is 0. The monoisotopic (exact) mass is 364 g/mol. The Bertz CT molecular complexity index is 823. The van der Waals surface area contributed by atoms with E-state index in [1.807, 2.05) is 6.92 Å². The van der Waals surface area contributed by atoms with Gasteiger partial charge < -0.3 is 19.3 Å². The average molecular weight is 364 g/mol. The van der Waals surface area contributed by atoms with Gasteiger partial charge in [0.2, 0.25) is 10.9 Å². The van der Waals surface area contributed by atoms with Crippen molar-refractivity contribution < 1.29 is 24.1 Å². The van der Waals surface area contributed by atoms with Crippen molar-refractivity contribution in [2.75, 3.05) is 26.6 Å². The van der Waals surface area contributed by atoms with Gasteiger partial charge in [0.15, 0.2) is 23.0 Å². The molecule has 0 spiro atoms. The van der Waals surface area contributed by atoms with Gasteiger partial charge >= 0.3 is 5.97 Å². The quantitative estimate of drug-likeness (QED) is 0.826. The minimum atomic E-state index is -1.07. The summed E-state index contributed by atoms with van der Waals surface area (Å²) in [5, 5.41) is 22.0. The van der Waals surface area contributed by atoms with Crippen molar-refractivity contribution in [3.63, 3.8) is 0 Å². The summed E-state index contributed by atoms with van der Waals surface area (Å²) in [6.45, 7) is 2.32. The molecule has 0 bridgehead atoms. The number of ether oxygens (including phenoxy) is 3. The molecule has 0 unspecified atom stereocenters. The van der Waals surface area contributed by atoms with E-state index in [4.69, 9.17) is 19.3 Å². The lowest BCUT2D eigenvalue weighted by atomic mass is 10.1. The number of carboxylic acid groups (broad SMARTS) is 1. The second-order valence-corrected chi connectivity index (χ2v) is 5.84. The summed E-state index contributed by atoms with van der Waals surface area (Å²) < 4.78 is 17.8. The Balaban J connectivity index is 2.13. The average Bonchev–Trinajstić information content (AvgIpc) is 3.05. The molecule has 1 aromatic heterocycles. The van der Waals surface area contributed by atoms with E-state index in [1.165, 1.54) is 30.7 Å². The molecule has 0 amide bonds. The predicted molar refractivity (Wildman–Crippen MR) is 90.9 cm³/mol. The highest BCUT2D eigenvalue weighted by Crippen LogP contribution is 2.41. The molecule has 1 N–H and O–H groups in total. The second kappa shape index (κ2) is 7.01. The van der Waals surface area contributed by atoms with E-state index in [9.17, 15) is 4.79 Å². The maximum Gasteiger partial charge on any atom is 0.352 e. The summed E-state index contributed by atoms with van der Waals surface area (Å²) in [5.41, 5.74) is 0.648. The smallest absolute Gasteiger partial charge is 0.352 e. The predicted octanol–water partition coefficient (Wildman–Crippen LogP) is 1.76. The molecule has 2 aromatic rings. The molecule has 0 saturated carbocycles. The second-order valence-electron chi connectivity index (χ2n) is 4.90. The third-order valence-electron chi connectivity index (χ3n) is 3.43. The van der Waals surface area contributed by atoms with Crippen LogP contribution in [0.4, 0.5) is 0 Å². The van der Waals surface area contributed by atoms with Crippen LogP contribution in [-0.4, -0.2) is 58.2 Å². The number of aromatic nitrogens is 3. The molecule has 25 heavy (non-hydrogen) atoms. The lowest BCUT2D eigenvalue weighted by molar-refractivity contribution is -0.129. The fourth-order valence-electron chi connectivity index (χ4n) is 2.31. The van der Waals surface area contributed by atoms with Gasteiger partial charge in [0.1, 0.15) is 0 Å². The van der Waals surface area contributed by atoms with Crippen molar-refractivity contribution in [3.8, 4) is 28.6 Å². The summed E-state index contributed by atoms with van der Waals surface area (Å²) in [7, 11) is 3.05. The van der Waals surface area contributed by atoms with Gasteiger partial charge in [0.25, 0.3) is 0 Å². The molecule has 0 atom stereocenters. The van der Waals surface area contributed by atoms with Crippen molar-refractivity contribution in [3.05, 3.63) is 12.1 Å². The van der Waals surface area contributed by atoms with Crippen LogP contribution in [0.1, 0.15) is 6.92 Å². The number of rotatable bonds is 6. The van der Waals surface area contributed by atoms with Crippen molar-refractivity contribution in [1.29, 1.82) is 0 Å². The minimum absolute atomic E-state index is 0.0309. The van der Waals surface area contributed by atoms with E-state index in [-0.39, 0.29) is 11.5 Å². The van der Waals surface area contributed by atoms with Crippen LogP contribution in [0.15, 0.2) is 22.4 Å². The normalized spacial score (nSPS) is 13.0. The van der Waals surface area contributed by atoms with Gasteiger partial charge in [-0.1, -0.05) is 11.8 Å². The maximum atomic E-state index is 11.2. The Morgan fingerprint density at radius 2 is 1.96 bits per heavy atom. The Morgan fingerprint density at radius 1 is 1.28 bits per heavy atom. The van der Waals surface area contributed by atoms with Crippen LogP contribution in [-0.2, 0) is 4.79 Å². The standard InChI is InChI=1S/C15H16N4O5S/c1-4-24-12-10(22-2)5-8(6-11(12)23-3)13-16-17-15-19(13)18-9(7-25-15)14(20)21/h5-6H,4,7H2,1-3H3,(H,20,21). The number of carbonyl (C=O) groups is 1. The van der Waals surface area contributed by atoms with Gasteiger partial charge in [-0.05, 0) is 19.1 Å². The van der Waals surface area contributed by atoms with E-state index < -0.39 is 5.97 Å². The molecule has 1 aliphatic rings. The third kappa shape index (κ3) is 3.12. The lowest BCUT2D eigenvalue weighted by Gasteiger charge is -2.15. The summed E-state index contributed by atoms with van der Waals surface area (Å²) >= 11 is 1.26. The molecule has 9 nitrogen and oxygen atoms in total. The number of carboxylic acids is 1. The summed E-state index contributed by atoms with van der Waals surface area (Å²) in [6, 6.07) is 3.44. The number of methoxy groups -OCH3 is 2. The maximum absolute atomic E-state index is 11.2. The number of hydrogen-bond donors (Lipinski definition) is 1. The SMILES string of the molecule is CCOc1c(OC)cc(-c2nnc3n2N=C(C(=O)O)CS3)cc1OC. The molecular weight excluding hydrogens is 348 g/mol. The fourth-order valence-corrected chi connectivity index (χ4v) is 3.10. The van der Waals surface area contributed by atoms with Crippen LogP contribution in [0, 0.1) is 0 Å². The lowest BCUT2D eigenvalue weighted by Crippen LogP contribution is -2.21. The molecule has 1 aliphatic heterocycles. The van der Waals surface area contributed by atoms with Gasteiger partial charge in [0, 0.05) is 5.56 Å². The van der Waals surface area contributed by atoms with E-state index in [2.05, 4.69) is 15.3 Å². The molecule has 0 fully saturated rings. The van der Waals surface area contributed by atoms with Crippen molar-refractivity contribution in [1.82, 2.24) is 14.9 Å². The van der Waals surface area contributed by atoms with E-state index in [1.54, 1.807) is 12.1 Å². The van der Waals surface area contributed by atoms with Gasteiger partial charge in [-0.25, -0.2) is 4.79 Å². The Morgan fingerprint density at radius 3 is 2.52 bits per heavy atom. The third-order valence-corrected chi connectivity index (χ3v) is 4.36. The van der Waals surface area contributed by atoms with Crippen molar-refractivity contribution in [2.24, 2.45) is 5.10 Å². The van der Waals surface area contributed by atoms with E-state index in [0.29, 0.717) is 40.4 Å². The molecular formula is C15H16N4O5S. The van der Waals surface area contributed by atoms with Crippen molar-refractivity contribution >= 4 is 23.4 Å². The van der Waals surface area contributed by atoms with Gasteiger partial charge in [-0.3, -0.25) is 0 Å². The van der Waals surface area contributed by atoms with Gasteiger partial charge in [-0.15, -0.1) is 10.2 Å². The number of fused-ring (bicyclic) bond motifs is 1. The molecule has 0 saturated heterocycles.